The number of carbonyl (C=O) groups is 3. The van der Waals surface area contributed by atoms with E-state index in [2.05, 4.69) is 5.32 Å². The van der Waals surface area contributed by atoms with E-state index in [1.807, 2.05) is 0 Å². The van der Waals surface area contributed by atoms with Crippen LogP contribution in [0.5, 0.6) is 5.75 Å². The molecule has 1 aromatic rings. The number of nitrogens with two attached hydrogens (primary N) is 1. The predicted octanol–water partition coefficient (Wildman–Crippen LogP) is 0.453. The molecule has 0 saturated heterocycles. The Balaban J connectivity index is 2.16. The molecule has 7 nitrogen and oxygen atoms in total. The number of anilines is 1. The second-order valence-corrected chi connectivity index (χ2v) is 4.56. The number of aliphatic carboxylic acids is 1. The molecule has 4 N–H and O–H groups in total. The first-order chi connectivity index (χ1) is 9.43. The smallest absolute Gasteiger partial charge is 0.307 e. The molecule has 106 valence electrons. The van der Waals surface area contributed by atoms with E-state index in [9.17, 15) is 14.4 Å². The van der Waals surface area contributed by atoms with Crippen molar-refractivity contribution in [1.82, 2.24) is 0 Å². The third-order valence-corrected chi connectivity index (χ3v) is 3.19. The molecule has 2 atom stereocenters. The number of primary amides is 1. The van der Waals surface area contributed by atoms with E-state index in [0.29, 0.717) is 17.9 Å². The lowest BCUT2D eigenvalue weighted by molar-refractivity contribution is -0.139. The van der Waals surface area contributed by atoms with Crippen molar-refractivity contribution in [2.45, 2.75) is 6.42 Å². The van der Waals surface area contributed by atoms with Crippen LogP contribution in [0.15, 0.2) is 18.2 Å². The van der Waals surface area contributed by atoms with Crippen molar-refractivity contribution in [3.63, 3.8) is 0 Å². The van der Waals surface area contributed by atoms with Gasteiger partial charge in [0.05, 0.1) is 24.6 Å². The lowest BCUT2D eigenvalue weighted by atomic mass is 10.1. The van der Waals surface area contributed by atoms with E-state index in [0.717, 1.165) is 0 Å². The highest BCUT2D eigenvalue weighted by molar-refractivity contribution is 6.01. The molecule has 1 aliphatic rings. The van der Waals surface area contributed by atoms with E-state index in [1.165, 1.54) is 25.3 Å². The summed E-state index contributed by atoms with van der Waals surface area (Å²) >= 11 is 0. The topological polar surface area (TPSA) is 119 Å². The second-order valence-electron chi connectivity index (χ2n) is 4.56. The van der Waals surface area contributed by atoms with Crippen LogP contribution >= 0.6 is 0 Å². The number of carboxylic acid groups (broad SMARTS) is 1. The molecule has 20 heavy (non-hydrogen) atoms. The molecular weight excluding hydrogens is 264 g/mol. The lowest BCUT2D eigenvalue weighted by Crippen LogP contribution is -2.18. The number of ether oxygens (including phenoxy) is 1. The van der Waals surface area contributed by atoms with Crippen molar-refractivity contribution in [1.29, 1.82) is 0 Å². The van der Waals surface area contributed by atoms with Crippen LogP contribution in [0.2, 0.25) is 0 Å². The van der Waals surface area contributed by atoms with Gasteiger partial charge in [0.15, 0.2) is 0 Å². The highest BCUT2D eigenvalue weighted by Gasteiger charge is 2.48. The first-order valence-electron chi connectivity index (χ1n) is 5.95. The number of benzene rings is 1. The van der Waals surface area contributed by atoms with Crippen molar-refractivity contribution < 1.29 is 24.2 Å². The van der Waals surface area contributed by atoms with Gasteiger partial charge in [-0.1, -0.05) is 0 Å². The van der Waals surface area contributed by atoms with Crippen LogP contribution in [0.1, 0.15) is 16.8 Å². The van der Waals surface area contributed by atoms with Gasteiger partial charge in [-0.3, -0.25) is 14.4 Å². The molecule has 1 saturated carbocycles. The van der Waals surface area contributed by atoms with Crippen LogP contribution in [0, 0.1) is 11.8 Å². The summed E-state index contributed by atoms with van der Waals surface area (Å²) in [6.07, 6.45) is 0.318. The van der Waals surface area contributed by atoms with Crippen LogP contribution in [0.3, 0.4) is 0 Å². The van der Waals surface area contributed by atoms with Gasteiger partial charge in [-0.15, -0.1) is 0 Å². The fourth-order valence-electron chi connectivity index (χ4n) is 1.94. The third-order valence-electron chi connectivity index (χ3n) is 3.19. The Morgan fingerprint density at radius 3 is 2.55 bits per heavy atom. The zero-order chi connectivity index (χ0) is 14.9. The molecule has 7 heteroatoms. The van der Waals surface area contributed by atoms with Crippen LogP contribution in [0.4, 0.5) is 5.69 Å². The molecular formula is C13H14N2O5. The molecule has 0 unspecified atom stereocenters. The average molecular weight is 278 g/mol. The lowest BCUT2D eigenvalue weighted by Gasteiger charge is -2.11. The number of hydrogen-bond acceptors (Lipinski definition) is 4. The van der Waals surface area contributed by atoms with Gasteiger partial charge in [-0.2, -0.15) is 0 Å². The predicted molar refractivity (Wildman–Crippen MR) is 69.4 cm³/mol. The summed E-state index contributed by atoms with van der Waals surface area (Å²) in [5.74, 6) is -2.83. The normalized spacial score (nSPS) is 20.1. The minimum absolute atomic E-state index is 0.228. The summed E-state index contributed by atoms with van der Waals surface area (Å²) in [4.78, 5) is 33.7. The Kier molecular flexibility index (Phi) is 3.60. The van der Waals surface area contributed by atoms with Crippen LogP contribution in [-0.2, 0) is 9.59 Å². The molecule has 0 bridgehead atoms. The fourth-order valence-corrected chi connectivity index (χ4v) is 1.94. The van der Waals surface area contributed by atoms with E-state index < -0.39 is 29.6 Å². The Morgan fingerprint density at radius 2 is 2.05 bits per heavy atom. The van der Waals surface area contributed by atoms with E-state index in [1.54, 1.807) is 0 Å². The molecule has 0 aliphatic heterocycles. The van der Waals surface area contributed by atoms with Gasteiger partial charge >= 0.3 is 5.97 Å². The maximum atomic E-state index is 11.9. The monoisotopic (exact) mass is 278 g/mol. The molecule has 2 rings (SSSR count). The number of amides is 2. The van der Waals surface area contributed by atoms with Crippen molar-refractivity contribution >= 4 is 23.5 Å². The quantitative estimate of drug-likeness (QED) is 0.722. The fraction of sp³-hybridized carbons (Fsp3) is 0.308. The van der Waals surface area contributed by atoms with Crippen LogP contribution in [-0.4, -0.2) is 30.0 Å². The number of rotatable bonds is 5. The number of carbonyl (C=O) groups excluding carboxylic acids is 2. The van der Waals surface area contributed by atoms with Crippen LogP contribution < -0.4 is 15.8 Å². The summed E-state index contributed by atoms with van der Waals surface area (Å²) in [7, 11) is 1.42. The number of nitrogens with one attached hydrogen (secondary N) is 1. The van der Waals surface area contributed by atoms with Gasteiger partial charge in [-0.25, -0.2) is 0 Å². The summed E-state index contributed by atoms with van der Waals surface area (Å²) < 4.78 is 5.07. The molecule has 0 radical (unpaired) electrons. The van der Waals surface area contributed by atoms with Crippen molar-refractivity contribution in [3.8, 4) is 5.75 Å². The van der Waals surface area contributed by atoms with Gasteiger partial charge in [-0.05, 0) is 24.6 Å². The SMILES string of the molecule is COc1ccc(C(N)=O)cc1NC(=O)[C@@H]1C[C@@H]1C(=O)O. The van der Waals surface area contributed by atoms with E-state index in [-0.39, 0.29) is 5.56 Å². The highest BCUT2D eigenvalue weighted by Crippen LogP contribution is 2.40. The number of hydrogen-bond donors (Lipinski definition) is 3. The molecule has 0 aromatic heterocycles. The minimum atomic E-state index is -0.983. The largest absolute Gasteiger partial charge is 0.495 e. The average Bonchev–Trinajstić information content (AvgIpc) is 3.18. The highest BCUT2D eigenvalue weighted by atomic mass is 16.5. The van der Waals surface area contributed by atoms with Gasteiger partial charge < -0.3 is 20.9 Å². The number of methoxy groups -OCH3 is 1. The summed E-state index contributed by atoms with van der Waals surface area (Å²) in [5.41, 5.74) is 5.69. The standard InChI is InChI=1S/C13H14N2O5/c1-20-10-3-2-6(11(14)16)4-9(10)15-12(17)7-5-8(7)13(18)19/h2-4,7-8H,5H2,1H3,(H2,14,16)(H,15,17)(H,18,19)/t7-,8+/m1/s1. The molecule has 1 fully saturated rings. The Hall–Kier alpha value is -2.57. The Morgan fingerprint density at radius 1 is 1.35 bits per heavy atom. The zero-order valence-corrected chi connectivity index (χ0v) is 10.8. The maximum Gasteiger partial charge on any atom is 0.307 e. The van der Waals surface area contributed by atoms with E-state index in [4.69, 9.17) is 15.6 Å². The minimum Gasteiger partial charge on any atom is -0.495 e. The zero-order valence-electron chi connectivity index (χ0n) is 10.8. The first kappa shape index (κ1) is 13.9. The first-order valence-corrected chi connectivity index (χ1v) is 5.95. The van der Waals surface area contributed by atoms with Crippen molar-refractivity contribution in [2.24, 2.45) is 17.6 Å². The number of carboxylic acids is 1. The summed E-state index contributed by atoms with van der Waals surface area (Å²) in [6.45, 7) is 0. The molecule has 0 heterocycles. The van der Waals surface area contributed by atoms with E-state index >= 15 is 0 Å². The van der Waals surface area contributed by atoms with Gasteiger partial charge in [0.1, 0.15) is 5.75 Å². The second kappa shape index (κ2) is 5.20. The van der Waals surface area contributed by atoms with Gasteiger partial charge in [0, 0.05) is 5.56 Å². The van der Waals surface area contributed by atoms with Gasteiger partial charge in [0.25, 0.3) is 0 Å². The Bertz CT molecular complexity index is 584. The molecule has 2 amide bonds. The van der Waals surface area contributed by atoms with Gasteiger partial charge in [0.2, 0.25) is 11.8 Å². The molecule has 1 aromatic carbocycles. The maximum absolute atomic E-state index is 11.9. The Labute approximate surface area is 114 Å². The van der Waals surface area contributed by atoms with Crippen molar-refractivity contribution in [3.05, 3.63) is 23.8 Å². The third kappa shape index (κ3) is 2.71. The van der Waals surface area contributed by atoms with Crippen molar-refractivity contribution in [2.75, 3.05) is 12.4 Å². The molecule has 0 spiro atoms. The van der Waals surface area contributed by atoms with Crippen LogP contribution in [0.25, 0.3) is 0 Å². The molecule has 1 aliphatic carbocycles. The summed E-state index contributed by atoms with van der Waals surface area (Å²) in [6, 6.07) is 4.39. The summed E-state index contributed by atoms with van der Waals surface area (Å²) in [5, 5.41) is 11.4.